The molecule has 3 heterocycles. The number of thiophene rings is 1. The van der Waals surface area contributed by atoms with E-state index in [1.807, 2.05) is 0 Å². The minimum absolute atomic E-state index is 0.0159. The Morgan fingerprint density at radius 3 is 2.29 bits per heavy atom. The monoisotopic (exact) mass is 632 g/mol. The summed E-state index contributed by atoms with van der Waals surface area (Å²) in [5.74, 6) is 0. The summed E-state index contributed by atoms with van der Waals surface area (Å²) >= 11 is 1.08. The zero-order valence-electron chi connectivity index (χ0n) is 22.6. The first kappa shape index (κ1) is 31.4. The number of hydrogen-bond donors (Lipinski definition) is 1. The molecule has 0 spiro atoms. The number of hydrogen-bond acceptors (Lipinski definition) is 8. The van der Waals surface area contributed by atoms with E-state index in [9.17, 15) is 35.1 Å². The van der Waals surface area contributed by atoms with Crippen LogP contribution >= 0.6 is 11.3 Å². The maximum atomic E-state index is 13.6. The molecule has 224 valence electrons. The fourth-order valence-corrected chi connectivity index (χ4v) is 8.90. The fourth-order valence-electron chi connectivity index (χ4n) is 4.65. The van der Waals surface area contributed by atoms with E-state index in [1.165, 1.54) is 63.5 Å². The minimum atomic E-state index is -4.89. The number of halogens is 3. The molecule has 1 fully saturated rings. The molecule has 4 rings (SSSR count). The van der Waals surface area contributed by atoms with Crippen LogP contribution in [0.25, 0.3) is 0 Å². The van der Waals surface area contributed by atoms with Crippen molar-refractivity contribution in [2.45, 2.75) is 53.7 Å². The molecule has 0 amide bonds. The molecule has 9 nitrogen and oxygen atoms in total. The second-order valence-electron chi connectivity index (χ2n) is 10.1. The van der Waals surface area contributed by atoms with Crippen molar-refractivity contribution in [3.05, 3.63) is 71.9 Å². The van der Waals surface area contributed by atoms with E-state index in [2.05, 4.69) is 4.98 Å². The van der Waals surface area contributed by atoms with Gasteiger partial charge in [-0.05, 0) is 62.0 Å². The van der Waals surface area contributed by atoms with E-state index >= 15 is 0 Å². The fraction of sp³-hybridized carbons (Fsp3) is 0.423. The molecule has 3 aromatic rings. The molecule has 1 saturated heterocycles. The van der Waals surface area contributed by atoms with Crippen LogP contribution in [0.15, 0.2) is 75.4 Å². The van der Waals surface area contributed by atoms with Gasteiger partial charge in [-0.3, -0.25) is 4.98 Å². The van der Waals surface area contributed by atoms with Crippen LogP contribution in [0.3, 0.4) is 0 Å². The number of aliphatic hydroxyl groups is 1. The van der Waals surface area contributed by atoms with Gasteiger partial charge in [0.05, 0.1) is 6.04 Å². The number of rotatable bonds is 9. The maximum absolute atomic E-state index is 13.6. The molecule has 2 aromatic heterocycles. The van der Waals surface area contributed by atoms with Gasteiger partial charge in [-0.2, -0.15) is 21.8 Å². The van der Waals surface area contributed by atoms with Crippen LogP contribution in [0.1, 0.15) is 26.3 Å². The molecule has 2 atom stereocenters. The Bertz CT molecular complexity index is 1530. The molecule has 0 aliphatic carbocycles. The minimum Gasteiger partial charge on any atom is -0.376 e. The van der Waals surface area contributed by atoms with Crippen LogP contribution in [-0.4, -0.2) is 80.0 Å². The Hall–Kier alpha value is -2.56. The van der Waals surface area contributed by atoms with Gasteiger partial charge in [-0.15, -0.1) is 11.3 Å². The summed E-state index contributed by atoms with van der Waals surface area (Å²) in [6, 6.07) is 10.0. The highest BCUT2D eigenvalue weighted by Gasteiger charge is 2.51. The SMILES string of the molecule is CC(C)N(CC1CN(S(=O)(=O)c2cccs2)CCN1c1ccc(C(C)(O)C(F)(F)F)cc1)S(=O)(=O)c1cccnc1. The topological polar surface area (TPSA) is 111 Å². The number of pyridine rings is 1. The van der Waals surface area contributed by atoms with Crippen molar-refractivity contribution in [3.63, 3.8) is 0 Å². The van der Waals surface area contributed by atoms with Crippen molar-refractivity contribution in [2.24, 2.45) is 0 Å². The first-order chi connectivity index (χ1) is 19.1. The summed E-state index contributed by atoms with van der Waals surface area (Å²) < 4.78 is 96.9. The van der Waals surface area contributed by atoms with Crippen molar-refractivity contribution in [3.8, 4) is 0 Å². The van der Waals surface area contributed by atoms with Gasteiger partial charge in [0.1, 0.15) is 9.10 Å². The molecular weight excluding hydrogens is 602 g/mol. The molecule has 0 bridgehead atoms. The van der Waals surface area contributed by atoms with Crippen molar-refractivity contribution < 1.29 is 35.1 Å². The highest BCUT2D eigenvalue weighted by molar-refractivity contribution is 7.91. The highest BCUT2D eigenvalue weighted by Crippen LogP contribution is 2.39. The Labute approximate surface area is 242 Å². The van der Waals surface area contributed by atoms with Gasteiger partial charge in [-0.1, -0.05) is 18.2 Å². The molecule has 15 heteroatoms. The number of nitrogens with zero attached hydrogens (tertiary/aromatic N) is 4. The molecule has 0 radical (unpaired) electrons. The van der Waals surface area contributed by atoms with Gasteiger partial charge in [-0.25, -0.2) is 16.8 Å². The van der Waals surface area contributed by atoms with Gasteiger partial charge in [0.15, 0.2) is 5.60 Å². The molecule has 1 N–H and O–H groups in total. The second-order valence-corrected chi connectivity index (χ2v) is 15.1. The summed E-state index contributed by atoms with van der Waals surface area (Å²) in [5, 5.41) is 11.7. The van der Waals surface area contributed by atoms with Crippen molar-refractivity contribution in [1.29, 1.82) is 0 Å². The van der Waals surface area contributed by atoms with E-state index in [-0.39, 0.29) is 40.8 Å². The predicted octanol–water partition coefficient (Wildman–Crippen LogP) is 3.89. The van der Waals surface area contributed by atoms with Gasteiger partial charge in [0.25, 0.3) is 10.0 Å². The zero-order chi connectivity index (χ0) is 30.2. The number of benzene rings is 1. The summed E-state index contributed by atoms with van der Waals surface area (Å²) in [5.41, 5.74) is -2.95. The molecule has 2 unspecified atom stereocenters. The first-order valence-electron chi connectivity index (χ1n) is 12.7. The number of sulfonamides is 2. The van der Waals surface area contributed by atoms with E-state index in [0.29, 0.717) is 12.6 Å². The summed E-state index contributed by atoms with van der Waals surface area (Å²) in [6.07, 6.45) is -2.20. The van der Waals surface area contributed by atoms with E-state index < -0.39 is 43.9 Å². The van der Waals surface area contributed by atoms with Crippen molar-refractivity contribution in [2.75, 3.05) is 31.1 Å². The van der Waals surface area contributed by atoms with E-state index in [4.69, 9.17) is 0 Å². The molecular formula is C26H31F3N4O5S3. The lowest BCUT2D eigenvalue weighted by Crippen LogP contribution is -2.59. The van der Waals surface area contributed by atoms with E-state index in [1.54, 1.807) is 30.2 Å². The summed E-state index contributed by atoms with van der Waals surface area (Å²) in [7, 11) is -7.88. The van der Waals surface area contributed by atoms with Crippen LogP contribution in [0, 0.1) is 0 Å². The smallest absolute Gasteiger partial charge is 0.376 e. The summed E-state index contributed by atoms with van der Waals surface area (Å²) in [4.78, 5) is 5.69. The highest BCUT2D eigenvalue weighted by atomic mass is 32.2. The number of piperazine rings is 1. The average molecular weight is 633 g/mol. The average Bonchev–Trinajstić information content (AvgIpc) is 3.47. The summed E-state index contributed by atoms with van der Waals surface area (Å²) in [6.45, 7) is 4.15. The van der Waals surface area contributed by atoms with Crippen LogP contribution in [-0.2, 0) is 25.6 Å². The quantitative estimate of drug-likeness (QED) is 0.381. The Balaban J connectivity index is 1.71. The molecule has 0 saturated carbocycles. The predicted molar refractivity (Wildman–Crippen MR) is 150 cm³/mol. The van der Waals surface area contributed by atoms with Crippen molar-refractivity contribution in [1.82, 2.24) is 13.6 Å². The largest absolute Gasteiger partial charge is 0.421 e. The van der Waals surface area contributed by atoms with Gasteiger partial charge in [0, 0.05) is 50.3 Å². The number of alkyl halides is 3. The Morgan fingerprint density at radius 1 is 1.07 bits per heavy atom. The third-order valence-electron chi connectivity index (χ3n) is 7.06. The molecule has 1 aliphatic heterocycles. The molecule has 41 heavy (non-hydrogen) atoms. The Morgan fingerprint density at radius 2 is 1.76 bits per heavy atom. The van der Waals surface area contributed by atoms with Crippen LogP contribution in [0.4, 0.5) is 18.9 Å². The third-order valence-corrected chi connectivity index (χ3v) is 12.3. The standard InChI is InChI=1S/C26H31F3N4O5S3/c1-19(2)33(40(35,36)23-6-4-12-30-16-23)18-22-17-31(41(37,38)24-7-5-15-39-24)13-14-32(22)21-10-8-20(9-11-21)25(3,34)26(27,28)29/h4-12,15-16,19,22,34H,13-14,17-18H2,1-3H3. The van der Waals surface area contributed by atoms with Gasteiger partial charge in [0.2, 0.25) is 10.0 Å². The van der Waals surface area contributed by atoms with Gasteiger partial charge < -0.3 is 10.0 Å². The maximum Gasteiger partial charge on any atom is 0.421 e. The molecule has 1 aromatic carbocycles. The normalized spacial score (nSPS) is 19.0. The second kappa shape index (κ2) is 11.6. The lowest BCUT2D eigenvalue weighted by Gasteiger charge is -2.44. The van der Waals surface area contributed by atoms with E-state index in [0.717, 1.165) is 11.3 Å². The zero-order valence-corrected chi connectivity index (χ0v) is 25.0. The van der Waals surface area contributed by atoms with Crippen LogP contribution in [0.5, 0.6) is 0 Å². The Kier molecular flexibility index (Phi) is 8.88. The number of anilines is 1. The third kappa shape index (κ3) is 6.29. The first-order valence-corrected chi connectivity index (χ1v) is 16.4. The van der Waals surface area contributed by atoms with Crippen LogP contribution < -0.4 is 4.90 Å². The molecule has 1 aliphatic rings. The van der Waals surface area contributed by atoms with Crippen LogP contribution in [0.2, 0.25) is 0 Å². The van der Waals surface area contributed by atoms with Crippen molar-refractivity contribution >= 4 is 37.1 Å². The lowest BCUT2D eigenvalue weighted by molar-refractivity contribution is -0.258. The number of aromatic nitrogens is 1. The lowest BCUT2D eigenvalue weighted by atomic mass is 9.95. The van der Waals surface area contributed by atoms with Gasteiger partial charge >= 0.3 is 6.18 Å².